The Morgan fingerprint density at radius 1 is 0.910 bits per heavy atom. The van der Waals surface area contributed by atoms with Crippen molar-refractivity contribution in [1.29, 1.82) is 0 Å². The number of alkyl carbamates (subject to hydrolysis) is 1. The van der Waals surface area contributed by atoms with E-state index in [4.69, 9.17) is 42.6 Å². The minimum Gasteiger partial charge on any atom is -0.477 e. The van der Waals surface area contributed by atoms with Crippen LogP contribution in [-0.2, 0) is 65.2 Å². The van der Waals surface area contributed by atoms with E-state index in [9.17, 15) is 34.2 Å². The van der Waals surface area contributed by atoms with E-state index >= 15 is 0 Å². The van der Waals surface area contributed by atoms with Gasteiger partial charge in [-0.05, 0) is 126 Å². The first-order valence-electron chi connectivity index (χ1n) is 28.0. The summed E-state index contributed by atoms with van der Waals surface area (Å²) in [5.74, 6) is -5.16. The Hall–Kier alpha value is -4.16. The number of nitrogens with zero attached hydrogens (tertiary/aromatic N) is 4. The van der Waals surface area contributed by atoms with Gasteiger partial charge in [0.05, 0.1) is 53.0 Å². The number of ketones is 1. The number of likely N-dealkylation sites (N-methyl/N-ethyl adjacent to an activating group) is 1. The number of pyridine rings is 2. The third-order valence-electron chi connectivity index (χ3n) is 17.4. The number of carbonyl (C=O) groups excluding carboxylic acids is 3. The first kappa shape index (κ1) is 63.0. The van der Waals surface area contributed by atoms with Crippen LogP contribution in [0.1, 0.15) is 131 Å². The molecule has 1 unspecified atom stereocenters. The van der Waals surface area contributed by atoms with E-state index in [0.717, 1.165) is 25.1 Å². The van der Waals surface area contributed by atoms with Crippen molar-refractivity contribution in [3.05, 3.63) is 39.8 Å². The van der Waals surface area contributed by atoms with Crippen LogP contribution in [0.25, 0.3) is 11.0 Å². The number of Topliss-reactive ketones (excluding diaryl/α,β-unsaturated/α-hetero) is 1. The van der Waals surface area contributed by atoms with Gasteiger partial charge in [-0.2, -0.15) is 0 Å². The lowest BCUT2D eigenvalue weighted by Crippen LogP contribution is -2.61. The van der Waals surface area contributed by atoms with Gasteiger partial charge in [0.2, 0.25) is 5.43 Å². The Morgan fingerprint density at radius 3 is 2.21 bits per heavy atom. The largest absolute Gasteiger partial charge is 0.477 e. The smallest absolute Gasteiger partial charge is 0.408 e. The average molecular weight is 1100 g/mol. The number of aliphatic hydroxyl groups excluding tert-OH is 1. The van der Waals surface area contributed by atoms with Crippen molar-refractivity contribution >= 4 is 34.8 Å². The quantitative estimate of drug-likeness (QED) is 0.114. The number of fused-ring (bicyclic) bond motifs is 2. The second-order valence-electron chi connectivity index (χ2n) is 23.4. The summed E-state index contributed by atoms with van der Waals surface area (Å²) in [6, 6.07) is 0.623. The van der Waals surface area contributed by atoms with Crippen LogP contribution in [0.3, 0.4) is 0 Å². The molecule has 0 aliphatic carbocycles. The number of hydrogen-bond donors (Lipinski definition) is 3. The number of rotatable bonds is 19. The van der Waals surface area contributed by atoms with E-state index in [-0.39, 0.29) is 42.8 Å². The fraction of sp³-hybridized carbons (Fsp3) is 0.789. The molecule has 21 nitrogen and oxygen atoms in total. The molecule has 0 radical (unpaired) electrons. The summed E-state index contributed by atoms with van der Waals surface area (Å²) in [7, 11) is 8.99. The van der Waals surface area contributed by atoms with Crippen molar-refractivity contribution < 1.29 is 72.0 Å². The van der Waals surface area contributed by atoms with E-state index in [2.05, 4.69) is 15.2 Å². The van der Waals surface area contributed by atoms with Crippen LogP contribution in [-0.4, -0.2) is 193 Å². The van der Waals surface area contributed by atoms with Gasteiger partial charge in [-0.15, -0.1) is 0 Å². The summed E-state index contributed by atoms with van der Waals surface area (Å²) < 4.78 is 60.4. The molecule has 4 saturated heterocycles. The molecular weight excluding hydrogens is 1010 g/mol. The number of carboxylic acids is 1. The number of amides is 1. The monoisotopic (exact) mass is 1100 g/mol. The second-order valence-corrected chi connectivity index (χ2v) is 23.4. The van der Waals surface area contributed by atoms with Gasteiger partial charge < -0.3 is 72.5 Å². The van der Waals surface area contributed by atoms with E-state index in [1.54, 1.807) is 51.8 Å². The number of aromatic carboxylic acids is 1. The fourth-order valence-corrected chi connectivity index (χ4v) is 12.7. The third kappa shape index (κ3) is 13.6. The van der Waals surface area contributed by atoms with Gasteiger partial charge in [0, 0.05) is 76.5 Å². The number of nitrogens with one attached hydrogen (secondary N) is 1. The number of carboxylic acid groups (broad SMARTS) is 1. The molecule has 440 valence electrons. The number of cyclic esters (lactones) is 1. The first-order valence-corrected chi connectivity index (χ1v) is 28.0. The van der Waals surface area contributed by atoms with Gasteiger partial charge in [-0.3, -0.25) is 14.4 Å². The van der Waals surface area contributed by atoms with E-state index in [0.29, 0.717) is 43.4 Å². The van der Waals surface area contributed by atoms with Crippen molar-refractivity contribution in [2.45, 2.75) is 212 Å². The summed E-state index contributed by atoms with van der Waals surface area (Å²) in [5.41, 5.74) is -3.06. The predicted octanol–water partition coefficient (Wildman–Crippen LogP) is 5.60. The summed E-state index contributed by atoms with van der Waals surface area (Å²) in [4.78, 5) is 75.9. The molecule has 4 aliphatic rings. The molecule has 0 spiro atoms. The highest BCUT2D eigenvalue weighted by Crippen LogP contribution is 2.43. The van der Waals surface area contributed by atoms with Crippen molar-refractivity contribution in [3.8, 4) is 0 Å². The maximum absolute atomic E-state index is 14.8. The number of methoxy groups -OCH3 is 2. The van der Waals surface area contributed by atoms with Crippen LogP contribution >= 0.6 is 0 Å². The summed E-state index contributed by atoms with van der Waals surface area (Å²) in [6.07, 6.45) is -1.69. The Labute approximate surface area is 460 Å². The lowest BCUT2D eigenvalue weighted by Gasteiger charge is -2.50. The zero-order valence-electron chi connectivity index (χ0n) is 49.1. The molecule has 2 aromatic heterocycles. The zero-order chi connectivity index (χ0) is 57.8. The second kappa shape index (κ2) is 26.2. The highest BCUT2D eigenvalue weighted by molar-refractivity contribution is 5.91. The SMILES string of the molecule is CC[C@H]1OC(=O)[C@H](C)[C@@H](O[C@H]2C[C@@](C)(OC)[C@@H](OCCCN(C)CCCc3cnc4c(c3)c(=O)c(C(=O)O)cn4CC)[C@H](C)O2)[C@H](C)[C@@H](O[C@@H]2O[C@H](C)C[C@H](N(C)C)[C@H]2O)[C@](C)(OC)C[C@@H](C)C(=O)C(C)[C@H]2NC(=O)O[C@@]21C. The summed E-state index contributed by atoms with van der Waals surface area (Å²) in [5, 5.41) is 24.6. The summed E-state index contributed by atoms with van der Waals surface area (Å²) >= 11 is 0. The molecule has 0 aromatic carbocycles. The van der Waals surface area contributed by atoms with Gasteiger partial charge >= 0.3 is 18.0 Å². The molecule has 0 bridgehead atoms. The molecule has 78 heavy (non-hydrogen) atoms. The van der Waals surface area contributed by atoms with Gasteiger partial charge in [0.15, 0.2) is 18.2 Å². The Balaban J connectivity index is 1.20. The molecule has 4 aliphatic heterocycles. The molecule has 21 heteroatoms. The molecule has 18 atom stereocenters. The van der Waals surface area contributed by atoms with Crippen molar-refractivity contribution in [3.63, 3.8) is 0 Å². The molecule has 1 amide bonds. The lowest BCUT2D eigenvalue weighted by atomic mass is 9.73. The average Bonchev–Trinajstić information content (AvgIpc) is 3.79. The molecule has 6 heterocycles. The van der Waals surface area contributed by atoms with Crippen LogP contribution in [0, 0.1) is 23.7 Å². The minimum atomic E-state index is -1.39. The summed E-state index contributed by atoms with van der Waals surface area (Å²) in [6.45, 7) is 22.6. The van der Waals surface area contributed by atoms with Crippen LogP contribution < -0.4 is 10.7 Å². The van der Waals surface area contributed by atoms with E-state index in [1.165, 1.54) is 6.20 Å². The number of ether oxygens (including phenoxy) is 9. The molecule has 4 fully saturated rings. The number of hydrogen-bond acceptors (Lipinski definition) is 18. The Bertz CT molecular complexity index is 2460. The maximum atomic E-state index is 14.8. The van der Waals surface area contributed by atoms with E-state index < -0.39 is 119 Å². The van der Waals surface area contributed by atoms with Gasteiger partial charge in [0.1, 0.15) is 35.3 Å². The zero-order valence-corrected chi connectivity index (χ0v) is 49.1. The number of esters is 1. The van der Waals surface area contributed by atoms with Crippen LogP contribution in [0.5, 0.6) is 0 Å². The number of aryl methyl sites for hydroxylation is 2. The van der Waals surface area contributed by atoms with Crippen molar-refractivity contribution in [2.24, 2.45) is 23.7 Å². The maximum Gasteiger partial charge on any atom is 0.408 e. The number of aromatic nitrogens is 2. The molecule has 3 N–H and O–H groups in total. The Kier molecular flexibility index (Phi) is 21.2. The third-order valence-corrected chi connectivity index (χ3v) is 17.4. The fourth-order valence-electron chi connectivity index (χ4n) is 12.7. The first-order chi connectivity index (χ1) is 36.7. The standard InChI is InChI=1S/C57H91N5O16/c1-17-41-57(11)47(59-54(69)78-57)33(5)43(63)31(3)27-55(9,70-15)48(77-53-45(65)40(60(12)13)25-32(4)73-53)34(6)46(35(7)52(68)75-41)76-42-28-56(10,71-16)49(36(8)74-42)72-24-20-23-61(14)22-19-21-37-26-38-44(64)39(51(66)67)30-62(18-2)50(38)58-29-37/h26,29-36,40-42,45-49,53,65H,17-25,27-28H2,1-16H3,(H,59,69)(H,66,67)/t31-,32-,33?,34+,35-,36+,40+,41-,42+,45-,46+,47-,48-,49+,53+,55-,56-,57-/m1/s1. The number of carbonyl (C=O) groups is 4. The lowest BCUT2D eigenvalue weighted by molar-refractivity contribution is -0.322. The molecule has 6 rings (SSSR count). The normalized spacial score (nSPS) is 37.2. The highest BCUT2D eigenvalue weighted by Gasteiger charge is 2.58. The molecule has 0 saturated carbocycles. The van der Waals surface area contributed by atoms with Gasteiger partial charge in [-0.25, -0.2) is 14.6 Å². The molecular formula is C57H91N5O16. The minimum absolute atomic E-state index is 0.149. The topological polar surface area (TPSA) is 245 Å². The van der Waals surface area contributed by atoms with Crippen LogP contribution in [0.4, 0.5) is 4.79 Å². The number of aliphatic hydroxyl groups is 1. The van der Waals surface area contributed by atoms with Crippen molar-refractivity contribution in [2.75, 3.05) is 55.1 Å². The van der Waals surface area contributed by atoms with Crippen LogP contribution in [0.15, 0.2) is 23.3 Å². The van der Waals surface area contributed by atoms with Gasteiger partial charge in [0.25, 0.3) is 0 Å². The van der Waals surface area contributed by atoms with Crippen molar-refractivity contribution in [1.82, 2.24) is 24.7 Å². The predicted molar refractivity (Wildman–Crippen MR) is 289 cm³/mol. The van der Waals surface area contributed by atoms with E-state index in [1.807, 2.05) is 81.4 Å². The van der Waals surface area contributed by atoms with Gasteiger partial charge in [-0.1, -0.05) is 27.7 Å². The molecule has 2 aromatic rings. The highest BCUT2D eigenvalue weighted by atomic mass is 16.7. The Morgan fingerprint density at radius 2 is 1.58 bits per heavy atom. The van der Waals surface area contributed by atoms with Crippen LogP contribution in [0.2, 0.25) is 0 Å².